The zero-order valence-corrected chi connectivity index (χ0v) is 12.6. The van der Waals surface area contributed by atoms with Crippen LogP contribution < -0.4 is 0 Å². The van der Waals surface area contributed by atoms with Crippen molar-refractivity contribution in [3.05, 3.63) is 47.0 Å². The molecule has 1 aromatic carbocycles. The molecule has 1 N–H and O–H groups in total. The number of rotatable bonds is 4. The van der Waals surface area contributed by atoms with Gasteiger partial charge >= 0.3 is 5.97 Å². The molecular weight excluding hydrogens is 271 g/mol. The highest BCUT2D eigenvalue weighted by Gasteiger charge is 2.41. The Bertz CT molecular complexity index is 577. The highest BCUT2D eigenvalue weighted by Crippen LogP contribution is 2.36. The van der Waals surface area contributed by atoms with Gasteiger partial charge in [-0.2, -0.15) is 0 Å². The SMILES string of the molecule is Cc1ccc(F)cc1CCC1(C(C)C)CC(O)=CC(=O)O1. The number of cyclic esters (lactones) is 1. The molecule has 1 aromatic rings. The van der Waals surface area contributed by atoms with Gasteiger partial charge < -0.3 is 9.84 Å². The molecule has 114 valence electrons. The fraction of sp³-hybridized carbons (Fsp3) is 0.471. The molecule has 1 heterocycles. The van der Waals surface area contributed by atoms with Crippen LogP contribution in [-0.4, -0.2) is 16.7 Å². The van der Waals surface area contributed by atoms with Crippen LogP contribution in [0, 0.1) is 18.7 Å². The summed E-state index contributed by atoms with van der Waals surface area (Å²) in [5.74, 6) is -0.664. The maximum Gasteiger partial charge on any atom is 0.334 e. The summed E-state index contributed by atoms with van der Waals surface area (Å²) in [6.45, 7) is 5.86. The molecule has 0 fully saturated rings. The second-order valence-corrected chi connectivity index (χ2v) is 6.02. The maximum atomic E-state index is 13.4. The molecule has 0 bridgehead atoms. The average molecular weight is 292 g/mol. The largest absolute Gasteiger partial charge is 0.512 e. The molecule has 1 unspecified atom stereocenters. The second kappa shape index (κ2) is 5.88. The van der Waals surface area contributed by atoms with Gasteiger partial charge in [0, 0.05) is 6.42 Å². The van der Waals surface area contributed by atoms with Crippen molar-refractivity contribution in [2.75, 3.05) is 0 Å². The van der Waals surface area contributed by atoms with Crippen LogP contribution in [0.1, 0.15) is 37.8 Å². The van der Waals surface area contributed by atoms with E-state index < -0.39 is 11.6 Å². The second-order valence-electron chi connectivity index (χ2n) is 6.02. The topological polar surface area (TPSA) is 46.5 Å². The standard InChI is InChI=1S/C17H21FO3/c1-11(2)17(10-15(19)9-16(20)21-17)7-6-13-8-14(18)5-4-12(13)3/h4-5,8-9,11,19H,6-7,10H2,1-3H3. The van der Waals surface area contributed by atoms with Crippen molar-refractivity contribution in [1.82, 2.24) is 0 Å². The molecule has 2 rings (SSSR count). The van der Waals surface area contributed by atoms with Gasteiger partial charge in [-0.1, -0.05) is 19.9 Å². The number of benzene rings is 1. The van der Waals surface area contributed by atoms with Crippen LogP contribution in [0.4, 0.5) is 4.39 Å². The molecule has 0 spiro atoms. The Morgan fingerprint density at radius 2 is 2.14 bits per heavy atom. The lowest BCUT2D eigenvalue weighted by Crippen LogP contribution is -2.43. The van der Waals surface area contributed by atoms with Gasteiger partial charge in [0.15, 0.2) is 0 Å². The maximum absolute atomic E-state index is 13.4. The van der Waals surface area contributed by atoms with E-state index in [2.05, 4.69) is 0 Å². The Morgan fingerprint density at radius 1 is 1.43 bits per heavy atom. The highest BCUT2D eigenvalue weighted by atomic mass is 19.1. The summed E-state index contributed by atoms with van der Waals surface area (Å²) in [5.41, 5.74) is 1.19. The number of halogens is 1. The molecule has 1 aliphatic heterocycles. The van der Waals surface area contributed by atoms with Gasteiger partial charge in [0.25, 0.3) is 0 Å². The van der Waals surface area contributed by atoms with E-state index in [0.717, 1.165) is 17.2 Å². The number of aliphatic hydroxyl groups excluding tert-OH is 1. The first kappa shape index (κ1) is 15.5. The number of hydrogen-bond donors (Lipinski definition) is 1. The monoisotopic (exact) mass is 292 g/mol. The Labute approximate surface area is 124 Å². The Morgan fingerprint density at radius 3 is 2.76 bits per heavy atom. The molecule has 0 radical (unpaired) electrons. The average Bonchev–Trinajstić information content (AvgIpc) is 2.38. The number of carbonyl (C=O) groups is 1. The molecule has 3 nitrogen and oxygen atoms in total. The summed E-state index contributed by atoms with van der Waals surface area (Å²) in [6.07, 6.45) is 2.58. The summed E-state index contributed by atoms with van der Waals surface area (Å²) in [7, 11) is 0. The third kappa shape index (κ3) is 3.43. The van der Waals surface area contributed by atoms with Crippen molar-refractivity contribution in [3.8, 4) is 0 Å². The molecule has 1 aliphatic rings. The van der Waals surface area contributed by atoms with Crippen LogP contribution in [0.15, 0.2) is 30.0 Å². The lowest BCUT2D eigenvalue weighted by atomic mass is 9.79. The molecule has 4 heteroatoms. The fourth-order valence-corrected chi connectivity index (χ4v) is 2.77. The summed E-state index contributed by atoms with van der Waals surface area (Å²) in [5, 5.41) is 9.76. The van der Waals surface area contributed by atoms with Crippen molar-refractivity contribution >= 4 is 5.97 Å². The molecule has 0 aliphatic carbocycles. The van der Waals surface area contributed by atoms with Gasteiger partial charge in [-0.25, -0.2) is 9.18 Å². The quantitative estimate of drug-likeness (QED) is 0.857. The normalized spacial score (nSPS) is 22.1. The number of ether oxygens (including phenoxy) is 1. The Kier molecular flexibility index (Phi) is 4.35. The highest BCUT2D eigenvalue weighted by molar-refractivity contribution is 5.83. The van der Waals surface area contributed by atoms with Crippen molar-refractivity contribution in [2.45, 2.75) is 45.6 Å². The molecule has 21 heavy (non-hydrogen) atoms. The van der Waals surface area contributed by atoms with E-state index in [1.807, 2.05) is 20.8 Å². The number of aliphatic hydroxyl groups is 1. The van der Waals surface area contributed by atoms with Gasteiger partial charge in [-0.3, -0.25) is 0 Å². The number of carbonyl (C=O) groups excluding carboxylic acids is 1. The lowest BCUT2D eigenvalue weighted by Gasteiger charge is -2.39. The van der Waals surface area contributed by atoms with Crippen LogP contribution >= 0.6 is 0 Å². The summed E-state index contributed by atoms with van der Waals surface area (Å²) in [6, 6.07) is 4.70. The predicted molar refractivity (Wildman–Crippen MR) is 78.4 cm³/mol. The van der Waals surface area contributed by atoms with E-state index in [0.29, 0.717) is 19.3 Å². The van der Waals surface area contributed by atoms with E-state index in [-0.39, 0.29) is 17.5 Å². The van der Waals surface area contributed by atoms with E-state index >= 15 is 0 Å². The van der Waals surface area contributed by atoms with E-state index in [1.165, 1.54) is 12.1 Å². The predicted octanol–water partition coefficient (Wildman–Crippen LogP) is 3.85. The van der Waals surface area contributed by atoms with Crippen molar-refractivity contribution < 1.29 is 19.0 Å². The lowest BCUT2D eigenvalue weighted by molar-refractivity contribution is -0.163. The van der Waals surface area contributed by atoms with E-state index in [4.69, 9.17) is 4.74 Å². The first-order valence-electron chi connectivity index (χ1n) is 7.20. The van der Waals surface area contributed by atoms with Gasteiger partial charge in [-0.15, -0.1) is 0 Å². The zero-order chi connectivity index (χ0) is 15.6. The Hall–Kier alpha value is -1.84. The minimum atomic E-state index is -0.728. The molecule has 0 amide bonds. The van der Waals surface area contributed by atoms with Crippen LogP contribution in [0.5, 0.6) is 0 Å². The first-order chi connectivity index (χ1) is 9.82. The summed E-state index contributed by atoms with van der Waals surface area (Å²) >= 11 is 0. The van der Waals surface area contributed by atoms with E-state index in [1.54, 1.807) is 6.07 Å². The van der Waals surface area contributed by atoms with E-state index in [9.17, 15) is 14.3 Å². The molecular formula is C17H21FO3. The van der Waals surface area contributed by atoms with Gasteiger partial charge in [0.05, 0.1) is 6.08 Å². The third-order valence-corrected chi connectivity index (χ3v) is 4.25. The number of aryl methyl sites for hydroxylation is 2. The van der Waals surface area contributed by atoms with Crippen molar-refractivity contribution in [1.29, 1.82) is 0 Å². The fourth-order valence-electron chi connectivity index (χ4n) is 2.77. The van der Waals surface area contributed by atoms with Crippen LogP contribution in [-0.2, 0) is 16.0 Å². The van der Waals surface area contributed by atoms with Gasteiger partial charge in [0.1, 0.15) is 17.2 Å². The van der Waals surface area contributed by atoms with Crippen LogP contribution in [0.3, 0.4) is 0 Å². The minimum Gasteiger partial charge on any atom is -0.512 e. The van der Waals surface area contributed by atoms with Gasteiger partial charge in [-0.05, 0) is 48.9 Å². The minimum absolute atomic E-state index is 0.0518. The van der Waals surface area contributed by atoms with Gasteiger partial charge in [0.2, 0.25) is 0 Å². The molecule has 0 aromatic heterocycles. The summed E-state index contributed by atoms with van der Waals surface area (Å²) in [4.78, 5) is 11.6. The zero-order valence-electron chi connectivity index (χ0n) is 12.6. The molecule has 1 atom stereocenters. The molecule has 0 saturated carbocycles. The van der Waals surface area contributed by atoms with Crippen molar-refractivity contribution in [3.63, 3.8) is 0 Å². The third-order valence-electron chi connectivity index (χ3n) is 4.25. The molecule has 0 saturated heterocycles. The number of esters is 1. The van der Waals surface area contributed by atoms with Crippen LogP contribution in [0.2, 0.25) is 0 Å². The number of hydrogen-bond acceptors (Lipinski definition) is 3. The Balaban J connectivity index is 2.20. The smallest absolute Gasteiger partial charge is 0.334 e. The first-order valence-corrected chi connectivity index (χ1v) is 7.20. The van der Waals surface area contributed by atoms with Crippen molar-refractivity contribution in [2.24, 2.45) is 5.92 Å². The van der Waals surface area contributed by atoms with Crippen LogP contribution in [0.25, 0.3) is 0 Å². The summed E-state index contributed by atoms with van der Waals surface area (Å²) < 4.78 is 18.9.